The Bertz CT molecular complexity index is 1020. The number of amides is 1. The van der Waals surface area contributed by atoms with E-state index < -0.39 is 27.5 Å². The summed E-state index contributed by atoms with van der Waals surface area (Å²) in [6.45, 7) is 5.97. The van der Waals surface area contributed by atoms with Crippen LogP contribution in [0.3, 0.4) is 0 Å². The van der Waals surface area contributed by atoms with Gasteiger partial charge >= 0.3 is 5.97 Å². The minimum absolute atomic E-state index is 0.100. The van der Waals surface area contributed by atoms with E-state index in [1.54, 1.807) is 19.1 Å². The molecular formula is C21H25NO5S2. The highest BCUT2D eigenvalue weighted by Gasteiger charge is 2.30. The van der Waals surface area contributed by atoms with Crippen LogP contribution in [0.5, 0.6) is 0 Å². The van der Waals surface area contributed by atoms with Crippen LogP contribution in [0.15, 0.2) is 29.2 Å². The van der Waals surface area contributed by atoms with E-state index >= 15 is 0 Å². The predicted molar refractivity (Wildman–Crippen MR) is 113 cm³/mol. The molecule has 1 N–H and O–H groups in total. The number of thiophene rings is 1. The smallest absolute Gasteiger partial charge is 0.341 e. The van der Waals surface area contributed by atoms with Crippen LogP contribution < -0.4 is 5.32 Å². The zero-order valence-electron chi connectivity index (χ0n) is 16.8. The van der Waals surface area contributed by atoms with Crippen molar-refractivity contribution >= 4 is 38.1 Å². The van der Waals surface area contributed by atoms with Crippen LogP contribution in [0.1, 0.15) is 46.6 Å². The molecule has 0 radical (unpaired) electrons. The van der Waals surface area contributed by atoms with Gasteiger partial charge in [-0.05, 0) is 56.7 Å². The van der Waals surface area contributed by atoms with E-state index in [1.165, 1.54) is 23.5 Å². The normalized spacial score (nSPS) is 16.2. The number of hydrogen-bond donors (Lipinski definition) is 1. The molecule has 8 heteroatoms. The van der Waals surface area contributed by atoms with Gasteiger partial charge in [0.15, 0.2) is 9.84 Å². The van der Waals surface area contributed by atoms with Gasteiger partial charge in [-0.3, -0.25) is 4.79 Å². The number of hydrogen-bond acceptors (Lipinski definition) is 6. The summed E-state index contributed by atoms with van der Waals surface area (Å²) in [6.07, 6.45) is 2.55. The number of aryl methyl sites for hydroxylation is 1. The Morgan fingerprint density at radius 3 is 2.59 bits per heavy atom. The molecule has 0 spiro atoms. The molecule has 29 heavy (non-hydrogen) atoms. The molecule has 0 saturated carbocycles. The topological polar surface area (TPSA) is 89.5 Å². The number of rotatable bonds is 6. The molecule has 0 unspecified atom stereocenters. The second-order valence-electron chi connectivity index (χ2n) is 7.40. The van der Waals surface area contributed by atoms with Gasteiger partial charge in [0.2, 0.25) is 5.91 Å². The van der Waals surface area contributed by atoms with E-state index in [1.807, 2.05) is 6.92 Å². The Labute approximate surface area is 175 Å². The zero-order valence-corrected chi connectivity index (χ0v) is 18.4. The number of sulfone groups is 1. The summed E-state index contributed by atoms with van der Waals surface area (Å²) in [5.74, 6) is -1.32. The first kappa shape index (κ1) is 21.5. The molecule has 1 aromatic heterocycles. The van der Waals surface area contributed by atoms with Gasteiger partial charge in [-0.15, -0.1) is 11.3 Å². The quantitative estimate of drug-likeness (QED) is 0.698. The third-order valence-corrected chi connectivity index (χ3v) is 7.75. The Morgan fingerprint density at radius 2 is 1.93 bits per heavy atom. The molecule has 2 aromatic rings. The third kappa shape index (κ3) is 4.87. The summed E-state index contributed by atoms with van der Waals surface area (Å²) in [7, 11) is -3.77. The van der Waals surface area contributed by atoms with Gasteiger partial charge < -0.3 is 10.1 Å². The molecule has 1 aliphatic rings. The van der Waals surface area contributed by atoms with Gasteiger partial charge in [-0.2, -0.15) is 0 Å². The van der Waals surface area contributed by atoms with E-state index in [4.69, 9.17) is 4.74 Å². The van der Waals surface area contributed by atoms with Gasteiger partial charge in [0.05, 0.1) is 17.1 Å². The fourth-order valence-electron chi connectivity index (χ4n) is 3.42. The molecule has 1 heterocycles. The molecule has 0 bridgehead atoms. The summed E-state index contributed by atoms with van der Waals surface area (Å²) < 4.78 is 30.3. The highest BCUT2D eigenvalue weighted by Crippen LogP contribution is 2.40. The van der Waals surface area contributed by atoms with E-state index in [2.05, 4.69) is 12.2 Å². The number of nitrogens with one attached hydrogen (secondary N) is 1. The number of ether oxygens (including phenoxy) is 1. The van der Waals surface area contributed by atoms with Gasteiger partial charge in [0.1, 0.15) is 10.8 Å². The van der Waals surface area contributed by atoms with Crippen LogP contribution in [0, 0.1) is 12.8 Å². The van der Waals surface area contributed by atoms with Gasteiger partial charge in [0.25, 0.3) is 0 Å². The van der Waals surface area contributed by atoms with E-state index in [9.17, 15) is 18.0 Å². The van der Waals surface area contributed by atoms with Crippen molar-refractivity contribution in [2.24, 2.45) is 5.92 Å². The standard InChI is InChI=1S/C21H25NO5S2/c1-4-27-21(24)19-16-10-7-14(3)11-17(16)28-20(19)22-18(23)12-29(25,26)15-8-5-13(2)6-9-15/h5-6,8-9,14H,4,7,10-12H2,1-3H3,(H,22,23)/t14-/m0/s1. The van der Waals surface area contributed by atoms with Crippen molar-refractivity contribution in [2.45, 2.75) is 44.9 Å². The minimum atomic E-state index is -3.77. The maximum absolute atomic E-state index is 12.6. The maximum atomic E-state index is 12.6. The molecule has 1 amide bonds. The zero-order chi connectivity index (χ0) is 21.2. The van der Waals surface area contributed by atoms with Gasteiger partial charge in [-0.25, -0.2) is 13.2 Å². The van der Waals surface area contributed by atoms with Crippen LogP contribution in [0.4, 0.5) is 5.00 Å². The second kappa shape index (κ2) is 8.67. The molecule has 1 aromatic carbocycles. The average Bonchev–Trinajstić information content (AvgIpc) is 2.98. The number of carbonyl (C=O) groups excluding carboxylic acids is 2. The van der Waals surface area contributed by atoms with Crippen LogP contribution in [0.2, 0.25) is 0 Å². The molecule has 3 rings (SSSR count). The van der Waals surface area contributed by atoms with Crippen LogP contribution in [-0.4, -0.2) is 32.7 Å². The number of fused-ring (bicyclic) bond motifs is 1. The minimum Gasteiger partial charge on any atom is -0.462 e. The van der Waals surface area contributed by atoms with Crippen molar-refractivity contribution < 1.29 is 22.7 Å². The van der Waals surface area contributed by atoms with Crippen molar-refractivity contribution in [3.63, 3.8) is 0 Å². The number of carbonyl (C=O) groups is 2. The van der Waals surface area contributed by atoms with Gasteiger partial charge in [0, 0.05) is 4.88 Å². The summed E-state index contributed by atoms with van der Waals surface area (Å²) >= 11 is 1.34. The molecule has 0 saturated heterocycles. The second-order valence-corrected chi connectivity index (χ2v) is 10.5. The van der Waals surface area contributed by atoms with Crippen molar-refractivity contribution in [1.82, 2.24) is 0 Å². The molecule has 6 nitrogen and oxygen atoms in total. The summed E-state index contributed by atoms with van der Waals surface area (Å²) in [5, 5.41) is 3.04. The summed E-state index contributed by atoms with van der Waals surface area (Å²) in [6, 6.07) is 6.37. The van der Waals surface area contributed by atoms with Gasteiger partial charge in [-0.1, -0.05) is 24.6 Å². The lowest BCUT2D eigenvalue weighted by atomic mass is 9.88. The van der Waals surface area contributed by atoms with Crippen molar-refractivity contribution in [3.8, 4) is 0 Å². The number of anilines is 1. The van der Waals surface area contributed by atoms with Crippen LogP contribution in [-0.2, 0) is 32.2 Å². The van der Waals surface area contributed by atoms with Crippen LogP contribution >= 0.6 is 11.3 Å². The highest BCUT2D eigenvalue weighted by atomic mass is 32.2. The maximum Gasteiger partial charge on any atom is 0.341 e. The molecule has 0 aliphatic heterocycles. The fraction of sp³-hybridized carbons (Fsp3) is 0.429. The van der Waals surface area contributed by atoms with E-state index in [0.717, 1.165) is 35.3 Å². The third-order valence-electron chi connectivity index (χ3n) is 4.95. The first-order chi connectivity index (χ1) is 13.7. The average molecular weight is 436 g/mol. The Kier molecular flexibility index (Phi) is 6.43. The van der Waals surface area contributed by atoms with Crippen molar-refractivity contribution in [3.05, 3.63) is 45.8 Å². The lowest BCUT2D eigenvalue weighted by molar-refractivity contribution is -0.113. The lowest BCUT2D eigenvalue weighted by Crippen LogP contribution is -2.24. The van der Waals surface area contributed by atoms with E-state index in [0.29, 0.717) is 16.5 Å². The number of benzene rings is 1. The van der Waals surface area contributed by atoms with Crippen molar-refractivity contribution in [1.29, 1.82) is 0 Å². The molecular weight excluding hydrogens is 410 g/mol. The first-order valence-electron chi connectivity index (χ1n) is 9.62. The first-order valence-corrected chi connectivity index (χ1v) is 12.1. The predicted octanol–water partition coefficient (Wildman–Crippen LogP) is 3.77. The lowest BCUT2D eigenvalue weighted by Gasteiger charge is -2.18. The molecule has 1 aliphatic carbocycles. The summed E-state index contributed by atoms with van der Waals surface area (Å²) in [5.41, 5.74) is 2.23. The molecule has 156 valence electrons. The molecule has 0 fully saturated rings. The fourth-order valence-corrected chi connectivity index (χ4v) is 5.97. The largest absolute Gasteiger partial charge is 0.462 e. The monoisotopic (exact) mass is 435 g/mol. The van der Waals surface area contributed by atoms with E-state index in [-0.39, 0.29) is 11.5 Å². The Morgan fingerprint density at radius 1 is 1.24 bits per heavy atom. The molecule has 1 atom stereocenters. The number of esters is 1. The van der Waals surface area contributed by atoms with Crippen LogP contribution in [0.25, 0.3) is 0 Å². The Hall–Kier alpha value is -2.19. The highest BCUT2D eigenvalue weighted by molar-refractivity contribution is 7.92. The Balaban J connectivity index is 1.84. The SMILES string of the molecule is CCOC(=O)c1c(NC(=O)CS(=O)(=O)c2ccc(C)cc2)sc2c1CC[C@H](C)C2. The van der Waals surface area contributed by atoms with Crippen molar-refractivity contribution in [2.75, 3.05) is 17.7 Å². The summed E-state index contributed by atoms with van der Waals surface area (Å²) in [4.78, 5) is 26.2.